The molecule has 3 rings (SSSR count). The highest BCUT2D eigenvalue weighted by atomic mass is 35.5. The molecule has 0 aliphatic carbocycles. The third-order valence-electron chi connectivity index (χ3n) is 3.65. The molecule has 18 heavy (non-hydrogen) atoms. The molecule has 1 fully saturated rings. The van der Waals surface area contributed by atoms with Crippen LogP contribution >= 0.6 is 11.6 Å². The summed E-state index contributed by atoms with van der Waals surface area (Å²) < 4.78 is 5.43. The van der Waals surface area contributed by atoms with Gasteiger partial charge in [-0.15, -0.1) is 0 Å². The number of aliphatic hydroxyl groups is 1. The van der Waals surface area contributed by atoms with Gasteiger partial charge in [0.05, 0.1) is 6.61 Å². The molecular weight excluding hydrogens is 252 g/mol. The quantitative estimate of drug-likeness (QED) is 0.814. The van der Waals surface area contributed by atoms with Crippen LogP contribution in [0.2, 0.25) is 5.02 Å². The van der Waals surface area contributed by atoms with E-state index in [-0.39, 0.29) is 0 Å². The number of anilines is 1. The van der Waals surface area contributed by atoms with Crippen LogP contribution < -0.4 is 10.2 Å². The summed E-state index contributed by atoms with van der Waals surface area (Å²) in [7, 11) is 0. The van der Waals surface area contributed by atoms with E-state index in [1.807, 2.05) is 23.1 Å². The standard InChI is InChI=1S/C13H17ClN2O2/c14-10-1-2-12-9(7-10)8-18-13(17)16(12)11-3-5-15-6-4-11/h1-2,7,11,13,15,17H,3-6,8H2. The van der Waals surface area contributed by atoms with Crippen molar-refractivity contribution in [2.75, 3.05) is 18.0 Å². The first-order valence-corrected chi connectivity index (χ1v) is 6.70. The highest BCUT2D eigenvalue weighted by molar-refractivity contribution is 6.30. The molecule has 2 aliphatic rings. The first kappa shape index (κ1) is 12.2. The second kappa shape index (κ2) is 5.05. The van der Waals surface area contributed by atoms with Crippen LogP contribution in [-0.4, -0.2) is 30.7 Å². The number of ether oxygens (including phenoxy) is 1. The average molecular weight is 269 g/mol. The van der Waals surface area contributed by atoms with Gasteiger partial charge in [0.1, 0.15) is 0 Å². The third-order valence-corrected chi connectivity index (χ3v) is 3.88. The molecule has 4 nitrogen and oxygen atoms in total. The fourth-order valence-corrected chi connectivity index (χ4v) is 2.94. The summed E-state index contributed by atoms with van der Waals surface area (Å²) >= 11 is 6.00. The maximum Gasteiger partial charge on any atom is 0.238 e. The Morgan fingerprint density at radius 1 is 1.33 bits per heavy atom. The molecule has 1 atom stereocenters. The van der Waals surface area contributed by atoms with Gasteiger partial charge >= 0.3 is 0 Å². The molecule has 1 aromatic carbocycles. The van der Waals surface area contributed by atoms with Gasteiger partial charge in [0, 0.05) is 22.3 Å². The van der Waals surface area contributed by atoms with Gasteiger partial charge < -0.3 is 20.1 Å². The number of aliphatic hydroxyl groups excluding tert-OH is 1. The maximum absolute atomic E-state index is 10.1. The van der Waals surface area contributed by atoms with Crippen molar-refractivity contribution in [2.24, 2.45) is 0 Å². The summed E-state index contributed by atoms with van der Waals surface area (Å²) in [5.41, 5.74) is 2.09. The summed E-state index contributed by atoms with van der Waals surface area (Å²) in [6.45, 7) is 2.38. The van der Waals surface area contributed by atoms with E-state index < -0.39 is 6.41 Å². The highest BCUT2D eigenvalue weighted by Crippen LogP contribution is 2.33. The number of nitrogens with zero attached hydrogens (tertiary/aromatic N) is 1. The summed E-state index contributed by atoms with van der Waals surface area (Å²) in [5.74, 6) is 0. The number of hydrogen-bond acceptors (Lipinski definition) is 4. The lowest BCUT2D eigenvalue weighted by Gasteiger charge is -2.42. The van der Waals surface area contributed by atoms with E-state index in [0.717, 1.165) is 37.2 Å². The fraction of sp³-hybridized carbons (Fsp3) is 0.538. The Bertz CT molecular complexity index is 435. The Labute approximate surface area is 111 Å². The Hall–Kier alpha value is -0.810. The van der Waals surface area contributed by atoms with Crippen molar-refractivity contribution in [3.05, 3.63) is 28.8 Å². The van der Waals surface area contributed by atoms with E-state index in [0.29, 0.717) is 17.7 Å². The molecule has 0 radical (unpaired) electrons. The normalized spacial score (nSPS) is 25.0. The van der Waals surface area contributed by atoms with Crippen LogP contribution in [0.15, 0.2) is 18.2 Å². The van der Waals surface area contributed by atoms with Gasteiger partial charge in [-0.3, -0.25) is 0 Å². The molecule has 2 heterocycles. The molecule has 1 unspecified atom stereocenters. The van der Waals surface area contributed by atoms with Crippen molar-refractivity contribution in [2.45, 2.75) is 31.9 Å². The fourth-order valence-electron chi connectivity index (χ4n) is 2.75. The van der Waals surface area contributed by atoms with Crippen LogP contribution in [0.1, 0.15) is 18.4 Å². The summed E-state index contributed by atoms with van der Waals surface area (Å²) in [5, 5.41) is 14.1. The van der Waals surface area contributed by atoms with Crippen LogP contribution in [-0.2, 0) is 11.3 Å². The van der Waals surface area contributed by atoms with Gasteiger partial charge in [-0.05, 0) is 44.1 Å². The van der Waals surface area contributed by atoms with Crippen molar-refractivity contribution < 1.29 is 9.84 Å². The number of nitrogens with one attached hydrogen (secondary N) is 1. The number of fused-ring (bicyclic) bond motifs is 1. The van der Waals surface area contributed by atoms with E-state index in [2.05, 4.69) is 5.32 Å². The minimum atomic E-state index is -0.846. The second-order valence-corrected chi connectivity index (χ2v) is 5.24. The molecular formula is C13H17ClN2O2. The SMILES string of the molecule is OC1OCc2cc(Cl)ccc2N1C1CCNCC1. The Morgan fingerprint density at radius 3 is 2.89 bits per heavy atom. The molecule has 1 saturated heterocycles. The summed E-state index contributed by atoms with van der Waals surface area (Å²) in [4.78, 5) is 1.98. The molecule has 2 aliphatic heterocycles. The largest absolute Gasteiger partial charge is 0.351 e. The minimum Gasteiger partial charge on any atom is -0.351 e. The first-order valence-electron chi connectivity index (χ1n) is 6.33. The minimum absolute atomic E-state index is 0.321. The lowest BCUT2D eigenvalue weighted by molar-refractivity contribution is -0.120. The molecule has 5 heteroatoms. The molecule has 0 amide bonds. The lowest BCUT2D eigenvalue weighted by atomic mass is 10.0. The zero-order valence-electron chi connectivity index (χ0n) is 10.1. The topological polar surface area (TPSA) is 44.7 Å². The van der Waals surface area contributed by atoms with Gasteiger partial charge in [-0.2, -0.15) is 0 Å². The second-order valence-electron chi connectivity index (χ2n) is 4.80. The van der Waals surface area contributed by atoms with Crippen molar-refractivity contribution in [3.8, 4) is 0 Å². The number of hydrogen-bond donors (Lipinski definition) is 2. The summed E-state index contributed by atoms with van der Waals surface area (Å²) in [6, 6.07) is 6.08. The van der Waals surface area contributed by atoms with Crippen LogP contribution in [0, 0.1) is 0 Å². The molecule has 1 aromatic rings. The Balaban J connectivity index is 1.93. The predicted molar refractivity (Wildman–Crippen MR) is 70.6 cm³/mol. The monoisotopic (exact) mass is 268 g/mol. The molecule has 0 spiro atoms. The average Bonchev–Trinajstić information content (AvgIpc) is 2.40. The van der Waals surface area contributed by atoms with E-state index in [4.69, 9.17) is 16.3 Å². The van der Waals surface area contributed by atoms with Gasteiger partial charge in [-0.25, -0.2) is 0 Å². The number of piperidine rings is 1. The van der Waals surface area contributed by atoms with Crippen molar-refractivity contribution in [1.29, 1.82) is 0 Å². The van der Waals surface area contributed by atoms with Gasteiger partial charge in [0.2, 0.25) is 6.41 Å². The van der Waals surface area contributed by atoms with E-state index in [1.165, 1.54) is 0 Å². The van der Waals surface area contributed by atoms with Crippen molar-refractivity contribution in [3.63, 3.8) is 0 Å². The van der Waals surface area contributed by atoms with Crippen LogP contribution in [0.4, 0.5) is 5.69 Å². The lowest BCUT2D eigenvalue weighted by Crippen LogP contribution is -2.51. The number of rotatable bonds is 1. The molecule has 0 aromatic heterocycles. The third kappa shape index (κ3) is 2.21. The van der Waals surface area contributed by atoms with Crippen LogP contribution in [0.25, 0.3) is 0 Å². The zero-order chi connectivity index (χ0) is 12.5. The van der Waals surface area contributed by atoms with E-state index in [1.54, 1.807) is 0 Å². The van der Waals surface area contributed by atoms with Crippen LogP contribution in [0.5, 0.6) is 0 Å². The molecule has 0 bridgehead atoms. The zero-order valence-corrected chi connectivity index (χ0v) is 10.9. The highest BCUT2D eigenvalue weighted by Gasteiger charge is 2.32. The summed E-state index contributed by atoms with van der Waals surface area (Å²) in [6.07, 6.45) is 1.19. The molecule has 2 N–H and O–H groups in total. The smallest absolute Gasteiger partial charge is 0.238 e. The van der Waals surface area contributed by atoms with Crippen molar-refractivity contribution >= 4 is 17.3 Å². The van der Waals surface area contributed by atoms with Gasteiger partial charge in [-0.1, -0.05) is 11.6 Å². The van der Waals surface area contributed by atoms with Crippen molar-refractivity contribution in [1.82, 2.24) is 5.32 Å². The molecule has 98 valence electrons. The Kier molecular flexibility index (Phi) is 3.43. The van der Waals surface area contributed by atoms with Crippen LogP contribution in [0.3, 0.4) is 0 Å². The Morgan fingerprint density at radius 2 is 2.11 bits per heavy atom. The number of halogens is 1. The molecule has 0 saturated carbocycles. The van der Waals surface area contributed by atoms with Gasteiger partial charge in [0.25, 0.3) is 0 Å². The van der Waals surface area contributed by atoms with E-state index >= 15 is 0 Å². The van der Waals surface area contributed by atoms with Gasteiger partial charge in [0.15, 0.2) is 0 Å². The number of benzene rings is 1. The van der Waals surface area contributed by atoms with E-state index in [9.17, 15) is 5.11 Å². The first-order chi connectivity index (χ1) is 8.75. The predicted octanol–water partition coefficient (Wildman–Crippen LogP) is 1.70. The maximum atomic E-state index is 10.1.